The van der Waals surface area contributed by atoms with Crippen molar-refractivity contribution in [1.82, 2.24) is 19.4 Å². The number of hydrogen-bond donors (Lipinski definition) is 0. The Labute approximate surface area is 196 Å². The minimum Gasteiger partial charge on any atom is -0.332 e. The van der Waals surface area contributed by atoms with Gasteiger partial charge in [0.25, 0.3) is 5.56 Å². The second-order valence-corrected chi connectivity index (χ2v) is 8.43. The average Bonchev–Trinajstić information content (AvgIpc) is 2.85. The number of aromatic nitrogens is 3. The predicted molar refractivity (Wildman–Crippen MR) is 133 cm³/mol. The number of benzene rings is 1. The quantitative estimate of drug-likeness (QED) is 0.352. The van der Waals surface area contributed by atoms with Gasteiger partial charge in [-0.1, -0.05) is 51.3 Å². The molecule has 0 saturated carbocycles. The Hall–Kier alpha value is -3.02. The normalized spacial score (nSPS) is 12.1. The predicted octanol–water partition coefficient (Wildman–Crippen LogP) is 5.30. The summed E-state index contributed by atoms with van der Waals surface area (Å²) in [4.78, 5) is 37.9. The molecule has 1 unspecified atom stereocenters. The molecular weight excluding hydrogens is 412 g/mol. The van der Waals surface area contributed by atoms with Crippen molar-refractivity contribution >= 4 is 16.8 Å². The number of rotatable bonds is 12. The maximum absolute atomic E-state index is 13.4. The number of amides is 1. The van der Waals surface area contributed by atoms with E-state index in [-0.39, 0.29) is 17.5 Å². The van der Waals surface area contributed by atoms with Crippen molar-refractivity contribution in [2.75, 3.05) is 6.54 Å². The lowest BCUT2D eigenvalue weighted by atomic mass is 10.1. The second-order valence-electron chi connectivity index (χ2n) is 8.43. The summed E-state index contributed by atoms with van der Waals surface area (Å²) in [6.07, 6.45) is 7.87. The van der Waals surface area contributed by atoms with Crippen LogP contribution in [0.2, 0.25) is 0 Å². The van der Waals surface area contributed by atoms with E-state index >= 15 is 0 Å². The molecule has 3 rings (SSSR count). The smallest absolute Gasteiger partial charge is 0.261 e. The molecule has 1 amide bonds. The molecule has 0 N–H and O–H groups in total. The first-order chi connectivity index (χ1) is 16.1. The van der Waals surface area contributed by atoms with Crippen LogP contribution in [0.3, 0.4) is 0 Å². The summed E-state index contributed by atoms with van der Waals surface area (Å²) in [7, 11) is 0. The minimum atomic E-state index is -0.260. The molecule has 6 nitrogen and oxygen atoms in total. The zero-order valence-corrected chi connectivity index (χ0v) is 20.2. The molecule has 3 aromatic rings. The highest BCUT2D eigenvalue weighted by molar-refractivity contribution is 5.78. The fourth-order valence-electron chi connectivity index (χ4n) is 4.37. The van der Waals surface area contributed by atoms with Gasteiger partial charge in [-0.05, 0) is 44.0 Å². The first kappa shape index (κ1) is 24.6. The maximum atomic E-state index is 13.4. The lowest BCUT2D eigenvalue weighted by Crippen LogP contribution is -2.40. The fourth-order valence-corrected chi connectivity index (χ4v) is 4.37. The number of hydrogen-bond acceptors (Lipinski definition) is 4. The van der Waals surface area contributed by atoms with E-state index in [4.69, 9.17) is 4.98 Å². The molecule has 0 bridgehead atoms. The van der Waals surface area contributed by atoms with E-state index in [1.54, 1.807) is 10.8 Å². The van der Waals surface area contributed by atoms with E-state index in [1.807, 2.05) is 54.3 Å². The Morgan fingerprint density at radius 2 is 1.82 bits per heavy atom. The van der Waals surface area contributed by atoms with Gasteiger partial charge >= 0.3 is 0 Å². The minimum absolute atomic E-state index is 0.0448. The van der Waals surface area contributed by atoms with Crippen molar-refractivity contribution < 1.29 is 4.79 Å². The summed E-state index contributed by atoms with van der Waals surface area (Å²) < 4.78 is 1.73. The van der Waals surface area contributed by atoms with Crippen LogP contribution < -0.4 is 5.56 Å². The standard InChI is InChI=1S/C27H36N4O2/c1-4-7-8-9-17-25(32)31(20-18-21-14-12-13-19-28-21)24(5-2)26-29-23-16-11-10-15-22(23)27(33)30(26)6-3/h10-16,19,24H,4-9,17-18,20H2,1-3H3. The fraction of sp³-hybridized carbons (Fsp3) is 0.481. The van der Waals surface area contributed by atoms with Crippen LogP contribution in [-0.2, 0) is 17.8 Å². The molecule has 0 aliphatic rings. The molecule has 0 fully saturated rings. The summed E-state index contributed by atoms with van der Waals surface area (Å²) in [5.41, 5.74) is 1.59. The van der Waals surface area contributed by atoms with Gasteiger partial charge < -0.3 is 4.90 Å². The van der Waals surface area contributed by atoms with Gasteiger partial charge in [0, 0.05) is 37.8 Å². The van der Waals surface area contributed by atoms with Gasteiger partial charge in [0.15, 0.2) is 0 Å². The van der Waals surface area contributed by atoms with E-state index in [1.165, 1.54) is 0 Å². The number of para-hydroxylation sites is 1. The van der Waals surface area contributed by atoms with Crippen LogP contribution in [0.5, 0.6) is 0 Å². The number of carbonyl (C=O) groups excluding carboxylic acids is 1. The van der Waals surface area contributed by atoms with Gasteiger partial charge in [-0.3, -0.25) is 19.1 Å². The van der Waals surface area contributed by atoms with Crippen molar-refractivity contribution in [3.05, 3.63) is 70.5 Å². The molecule has 0 aliphatic carbocycles. The van der Waals surface area contributed by atoms with E-state index < -0.39 is 0 Å². The Kier molecular flexibility index (Phi) is 9.16. The average molecular weight is 449 g/mol. The van der Waals surface area contributed by atoms with Gasteiger partial charge in [0.05, 0.1) is 16.9 Å². The van der Waals surface area contributed by atoms with Crippen molar-refractivity contribution in [2.45, 2.75) is 78.3 Å². The van der Waals surface area contributed by atoms with Crippen molar-refractivity contribution in [3.63, 3.8) is 0 Å². The summed E-state index contributed by atoms with van der Waals surface area (Å²) >= 11 is 0. The van der Waals surface area contributed by atoms with Crippen LogP contribution >= 0.6 is 0 Å². The van der Waals surface area contributed by atoms with E-state index in [0.717, 1.165) is 31.4 Å². The van der Waals surface area contributed by atoms with E-state index in [2.05, 4.69) is 18.8 Å². The number of pyridine rings is 1. The Balaban J connectivity index is 1.97. The number of unbranched alkanes of at least 4 members (excludes halogenated alkanes) is 3. The van der Waals surface area contributed by atoms with E-state index in [0.29, 0.717) is 49.1 Å². The summed E-state index contributed by atoms with van der Waals surface area (Å²) in [5, 5.41) is 0.615. The van der Waals surface area contributed by atoms with Gasteiger partial charge in [-0.2, -0.15) is 0 Å². The molecular formula is C27H36N4O2. The van der Waals surface area contributed by atoms with Gasteiger partial charge in [0.2, 0.25) is 5.91 Å². The molecule has 0 radical (unpaired) electrons. The number of nitrogens with zero attached hydrogens (tertiary/aromatic N) is 4. The van der Waals surface area contributed by atoms with Crippen molar-refractivity contribution in [3.8, 4) is 0 Å². The van der Waals surface area contributed by atoms with E-state index in [9.17, 15) is 9.59 Å². The Morgan fingerprint density at radius 1 is 1.03 bits per heavy atom. The molecule has 2 heterocycles. The van der Waals surface area contributed by atoms with Crippen molar-refractivity contribution in [2.24, 2.45) is 0 Å². The first-order valence-electron chi connectivity index (χ1n) is 12.3. The monoisotopic (exact) mass is 448 g/mol. The van der Waals surface area contributed by atoms with Crippen LogP contribution in [0.15, 0.2) is 53.5 Å². The SMILES string of the molecule is CCCCCCC(=O)N(CCc1ccccn1)C(CC)c1nc2ccccc2c(=O)n1CC. The summed E-state index contributed by atoms with van der Waals surface area (Å²) in [5.74, 6) is 0.797. The topological polar surface area (TPSA) is 68.1 Å². The molecule has 2 aromatic heterocycles. The van der Waals surface area contributed by atoms with Gasteiger partial charge in [0.1, 0.15) is 5.82 Å². The zero-order valence-electron chi connectivity index (χ0n) is 20.2. The molecule has 176 valence electrons. The van der Waals surface area contributed by atoms with Gasteiger partial charge in [-0.25, -0.2) is 4.98 Å². The third-order valence-corrected chi connectivity index (χ3v) is 6.17. The van der Waals surface area contributed by atoms with Crippen LogP contribution in [0, 0.1) is 0 Å². The highest BCUT2D eigenvalue weighted by Crippen LogP contribution is 2.25. The second kappa shape index (κ2) is 12.3. The highest BCUT2D eigenvalue weighted by atomic mass is 16.2. The third-order valence-electron chi connectivity index (χ3n) is 6.17. The lowest BCUT2D eigenvalue weighted by molar-refractivity contribution is -0.134. The Morgan fingerprint density at radius 3 is 2.52 bits per heavy atom. The summed E-state index contributed by atoms with van der Waals surface area (Å²) in [6.45, 7) is 7.25. The molecule has 0 spiro atoms. The zero-order chi connectivity index (χ0) is 23.6. The van der Waals surface area contributed by atoms with Crippen LogP contribution in [0.1, 0.15) is 76.9 Å². The molecule has 1 atom stereocenters. The molecule has 33 heavy (non-hydrogen) atoms. The summed E-state index contributed by atoms with van der Waals surface area (Å²) in [6, 6.07) is 13.0. The molecule has 0 saturated heterocycles. The van der Waals surface area contributed by atoms with Crippen LogP contribution in [0.25, 0.3) is 10.9 Å². The lowest BCUT2D eigenvalue weighted by Gasteiger charge is -2.32. The highest BCUT2D eigenvalue weighted by Gasteiger charge is 2.28. The first-order valence-corrected chi connectivity index (χ1v) is 12.3. The molecule has 6 heteroatoms. The number of carbonyl (C=O) groups is 1. The van der Waals surface area contributed by atoms with Crippen LogP contribution in [-0.4, -0.2) is 31.9 Å². The maximum Gasteiger partial charge on any atom is 0.261 e. The molecule has 1 aromatic carbocycles. The Bertz CT molecular complexity index is 1090. The number of fused-ring (bicyclic) bond motifs is 1. The largest absolute Gasteiger partial charge is 0.332 e. The molecule has 0 aliphatic heterocycles. The van der Waals surface area contributed by atoms with Crippen LogP contribution in [0.4, 0.5) is 0 Å². The van der Waals surface area contributed by atoms with Crippen molar-refractivity contribution in [1.29, 1.82) is 0 Å². The van der Waals surface area contributed by atoms with Gasteiger partial charge in [-0.15, -0.1) is 0 Å². The third kappa shape index (κ3) is 6.06.